The first-order valence-electron chi connectivity index (χ1n) is 4.13. The molecule has 0 aromatic heterocycles. The molecule has 0 bridgehead atoms. The zero-order valence-electron chi connectivity index (χ0n) is 7.64. The van der Waals surface area contributed by atoms with Gasteiger partial charge in [-0.15, -0.1) is 0 Å². The average molecular weight is 240 g/mol. The van der Waals surface area contributed by atoms with E-state index in [0.29, 0.717) is 5.02 Å². The third-order valence-electron chi connectivity index (χ3n) is 1.53. The van der Waals surface area contributed by atoms with Crippen molar-refractivity contribution in [1.82, 2.24) is 5.48 Å². The van der Waals surface area contributed by atoms with Gasteiger partial charge in [0.1, 0.15) is 0 Å². The maximum absolute atomic E-state index is 11.7. The number of halogens is 4. The quantitative estimate of drug-likeness (QED) is 0.644. The van der Waals surface area contributed by atoms with E-state index in [2.05, 4.69) is 10.3 Å². The molecule has 0 radical (unpaired) electrons. The number of nitrogens with one attached hydrogen (secondary N) is 1. The Balaban J connectivity index is 2.23. The van der Waals surface area contributed by atoms with Crippen molar-refractivity contribution < 1.29 is 18.0 Å². The van der Waals surface area contributed by atoms with E-state index in [1.807, 2.05) is 0 Å². The number of alkyl halides is 3. The summed E-state index contributed by atoms with van der Waals surface area (Å²) in [6, 6.07) is 6.71. The molecule has 0 aliphatic rings. The van der Waals surface area contributed by atoms with Crippen molar-refractivity contribution in [3.63, 3.8) is 0 Å². The van der Waals surface area contributed by atoms with Crippen LogP contribution >= 0.6 is 11.6 Å². The van der Waals surface area contributed by atoms with Gasteiger partial charge in [0.25, 0.3) is 0 Å². The molecular weight excluding hydrogens is 231 g/mol. The fraction of sp³-hybridized carbons (Fsp3) is 0.333. The summed E-state index contributed by atoms with van der Waals surface area (Å²) in [5.41, 5.74) is 3.01. The van der Waals surface area contributed by atoms with Gasteiger partial charge < -0.3 is 0 Å². The molecule has 6 heteroatoms. The molecule has 0 unspecified atom stereocenters. The van der Waals surface area contributed by atoms with Crippen molar-refractivity contribution in [3.05, 3.63) is 34.9 Å². The van der Waals surface area contributed by atoms with E-state index in [0.717, 1.165) is 5.56 Å². The minimum atomic E-state index is -4.31. The van der Waals surface area contributed by atoms with Crippen LogP contribution in [-0.2, 0) is 11.4 Å². The standard InChI is InChI=1S/C9H9ClF3NO/c10-8-3-1-7(2-4-8)5-14-15-6-9(11,12)13/h1-4,14H,5-6H2. The molecule has 2 nitrogen and oxygen atoms in total. The first kappa shape index (κ1) is 12.3. The van der Waals surface area contributed by atoms with Gasteiger partial charge in [-0.3, -0.25) is 4.84 Å². The van der Waals surface area contributed by atoms with E-state index in [-0.39, 0.29) is 6.54 Å². The maximum atomic E-state index is 11.7. The Morgan fingerprint density at radius 3 is 2.33 bits per heavy atom. The Morgan fingerprint density at radius 1 is 1.20 bits per heavy atom. The Labute approximate surface area is 89.9 Å². The third-order valence-corrected chi connectivity index (χ3v) is 1.78. The van der Waals surface area contributed by atoms with E-state index in [9.17, 15) is 13.2 Å². The van der Waals surface area contributed by atoms with Crippen LogP contribution in [0.5, 0.6) is 0 Å². The second kappa shape index (κ2) is 5.34. The van der Waals surface area contributed by atoms with Crippen LogP contribution in [0.2, 0.25) is 5.02 Å². The fourth-order valence-corrected chi connectivity index (χ4v) is 0.995. The second-order valence-corrected chi connectivity index (χ2v) is 3.29. The number of benzene rings is 1. The Hall–Kier alpha value is -0.780. The average Bonchev–Trinajstić information content (AvgIpc) is 2.14. The van der Waals surface area contributed by atoms with Crippen molar-refractivity contribution in [2.45, 2.75) is 12.7 Å². The largest absolute Gasteiger partial charge is 0.413 e. The van der Waals surface area contributed by atoms with E-state index in [1.54, 1.807) is 24.3 Å². The lowest BCUT2D eigenvalue weighted by Crippen LogP contribution is -2.24. The molecule has 0 atom stereocenters. The summed E-state index contributed by atoms with van der Waals surface area (Å²) >= 11 is 5.63. The molecule has 0 aliphatic heterocycles. The summed E-state index contributed by atoms with van der Waals surface area (Å²) in [5.74, 6) is 0. The van der Waals surface area contributed by atoms with Crippen LogP contribution in [0.3, 0.4) is 0 Å². The lowest BCUT2D eigenvalue weighted by Gasteiger charge is -2.08. The lowest BCUT2D eigenvalue weighted by atomic mass is 10.2. The van der Waals surface area contributed by atoms with Gasteiger partial charge in [0.2, 0.25) is 0 Å². The first-order chi connectivity index (χ1) is 6.97. The molecular formula is C9H9ClF3NO. The number of hydrogen-bond acceptors (Lipinski definition) is 2. The van der Waals surface area contributed by atoms with Crippen LogP contribution < -0.4 is 5.48 Å². The predicted octanol–water partition coefficient (Wildman–Crippen LogP) is 2.92. The normalized spacial score (nSPS) is 11.7. The van der Waals surface area contributed by atoms with E-state index in [4.69, 9.17) is 11.6 Å². The summed E-state index contributed by atoms with van der Waals surface area (Å²) in [6.45, 7) is -1.10. The van der Waals surface area contributed by atoms with Crippen LogP contribution in [0, 0.1) is 0 Å². The molecule has 0 fully saturated rings. The van der Waals surface area contributed by atoms with Crippen molar-refractivity contribution in [2.24, 2.45) is 0 Å². The molecule has 0 heterocycles. The highest BCUT2D eigenvalue weighted by atomic mass is 35.5. The van der Waals surface area contributed by atoms with Gasteiger partial charge in [-0.05, 0) is 17.7 Å². The van der Waals surface area contributed by atoms with Crippen LogP contribution in [0.1, 0.15) is 5.56 Å². The highest BCUT2D eigenvalue weighted by Gasteiger charge is 2.27. The number of hydroxylamine groups is 1. The lowest BCUT2D eigenvalue weighted by molar-refractivity contribution is -0.190. The summed E-state index contributed by atoms with van der Waals surface area (Å²) in [6.07, 6.45) is -4.31. The van der Waals surface area contributed by atoms with Crippen molar-refractivity contribution in [2.75, 3.05) is 6.61 Å². The highest BCUT2D eigenvalue weighted by Crippen LogP contribution is 2.14. The van der Waals surface area contributed by atoms with Gasteiger partial charge in [0.05, 0.1) is 0 Å². The molecule has 1 aromatic rings. The van der Waals surface area contributed by atoms with Gasteiger partial charge in [-0.1, -0.05) is 23.7 Å². The Kier molecular flexibility index (Phi) is 4.38. The van der Waals surface area contributed by atoms with E-state index >= 15 is 0 Å². The Bertz CT molecular complexity index is 299. The van der Waals surface area contributed by atoms with Gasteiger partial charge in [-0.2, -0.15) is 18.7 Å². The molecule has 84 valence electrons. The van der Waals surface area contributed by atoms with Crippen molar-refractivity contribution in [3.8, 4) is 0 Å². The smallest absolute Gasteiger partial charge is 0.292 e. The van der Waals surface area contributed by atoms with Crippen LogP contribution in [0.25, 0.3) is 0 Å². The first-order valence-corrected chi connectivity index (χ1v) is 4.51. The van der Waals surface area contributed by atoms with Gasteiger partial charge >= 0.3 is 6.18 Å². The molecule has 0 amide bonds. The molecule has 0 saturated heterocycles. The van der Waals surface area contributed by atoms with E-state index in [1.165, 1.54) is 0 Å². The molecule has 0 saturated carbocycles. The minimum absolute atomic E-state index is 0.202. The SMILES string of the molecule is FC(F)(F)CONCc1ccc(Cl)cc1. The second-order valence-electron chi connectivity index (χ2n) is 2.85. The molecule has 1 aromatic carbocycles. The summed E-state index contributed by atoms with van der Waals surface area (Å²) in [5, 5.41) is 0.579. The molecule has 0 aliphatic carbocycles. The van der Waals surface area contributed by atoms with E-state index < -0.39 is 12.8 Å². The number of rotatable bonds is 4. The van der Waals surface area contributed by atoms with Crippen LogP contribution in [-0.4, -0.2) is 12.8 Å². The summed E-state index contributed by atoms with van der Waals surface area (Å²) in [7, 11) is 0. The zero-order chi connectivity index (χ0) is 11.3. The summed E-state index contributed by atoms with van der Waals surface area (Å²) < 4.78 is 35.0. The van der Waals surface area contributed by atoms with Gasteiger partial charge in [0.15, 0.2) is 6.61 Å². The number of hydrogen-bond donors (Lipinski definition) is 1. The molecule has 0 spiro atoms. The van der Waals surface area contributed by atoms with Gasteiger partial charge in [-0.25, -0.2) is 0 Å². The fourth-order valence-electron chi connectivity index (χ4n) is 0.869. The van der Waals surface area contributed by atoms with Gasteiger partial charge in [0, 0.05) is 11.6 Å². The van der Waals surface area contributed by atoms with Crippen molar-refractivity contribution in [1.29, 1.82) is 0 Å². The summed E-state index contributed by atoms with van der Waals surface area (Å²) in [4.78, 5) is 4.22. The minimum Gasteiger partial charge on any atom is -0.292 e. The topological polar surface area (TPSA) is 21.3 Å². The molecule has 1 N–H and O–H groups in total. The molecule has 15 heavy (non-hydrogen) atoms. The monoisotopic (exact) mass is 239 g/mol. The van der Waals surface area contributed by atoms with Crippen LogP contribution in [0.4, 0.5) is 13.2 Å². The zero-order valence-corrected chi connectivity index (χ0v) is 8.40. The third kappa shape index (κ3) is 5.61. The molecule has 1 rings (SSSR count). The van der Waals surface area contributed by atoms with Crippen molar-refractivity contribution >= 4 is 11.6 Å². The van der Waals surface area contributed by atoms with Crippen LogP contribution in [0.15, 0.2) is 24.3 Å². The maximum Gasteiger partial charge on any atom is 0.413 e. The highest BCUT2D eigenvalue weighted by molar-refractivity contribution is 6.30. The predicted molar refractivity (Wildman–Crippen MR) is 50.3 cm³/mol. The Morgan fingerprint density at radius 2 is 1.80 bits per heavy atom.